The Morgan fingerprint density at radius 3 is 2.38 bits per heavy atom. The Hall–Kier alpha value is -2.34. The van der Waals surface area contributed by atoms with E-state index in [0.29, 0.717) is 12.1 Å². The van der Waals surface area contributed by atoms with Crippen LogP contribution < -0.4 is 10.0 Å². The van der Waals surface area contributed by atoms with Crippen LogP contribution in [0.3, 0.4) is 0 Å². The average Bonchev–Trinajstić information content (AvgIpc) is 2.66. The summed E-state index contributed by atoms with van der Waals surface area (Å²) in [7, 11) is -3.66. The van der Waals surface area contributed by atoms with E-state index in [2.05, 4.69) is 10.0 Å². The fourth-order valence-electron chi connectivity index (χ4n) is 2.06. The standard InChI is InChI=1S/C18H19N3O3S2/c19-11-4-12-21-26(23,24)17-9-7-15(8-10-17)18(22)20-13-14-25-16-5-2-1-3-6-16/h1-3,5-10,21H,4,12-14H2,(H,20,22). The molecule has 0 heterocycles. The van der Waals surface area contributed by atoms with Gasteiger partial charge < -0.3 is 5.32 Å². The summed E-state index contributed by atoms with van der Waals surface area (Å²) < 4.78 is 26.3. The lowest BCUT2D eigenvalue weighted by Crippen LogP contribution is -2.26. The quantitative estimate of drug-likeness (QED) is 0.507. The van der Waals surface area contributed by atoms with E-state index in [-0.39, 0.29) is 23.8 Å². The normalized spacial score (nSPS) is 10.9. The Labute approximate surface area is 157 Å². The maximum absolute atomic E-state index is 12.1. The summed E-state index contributed by atoms with van der Waals surface area (Å²) in [6.45, 7) is 0.564. The largest absolute Gasteiger partial charge is 0.351 e. The number of carbonyl (C=O) groups is 1. The highest BCUT2D eigenvalue weighted by molar-refractivity contribution is 7.99. The minimum absolute atomic E-state index is 0.0557. The van der Waals surface area contributed by atoms with Gasteiger partial charge in [-0.1, -0.05) is 18.2 Å². The number of hydrogen-bond acceptors (Lipinski definition) is 5. The second-order valence-corrected chi connectivity index (χ2v) is 8.18. The Morgan fingerprint density at radius 2 is 1.73 bits per heavy atom. The van der Waals surface area contributed by atoms with Crippen molar-refractivity contribution in [3.8, 4) is 6.07 Å². The van der Waals surface area contributed by atoms with Crippen LogP contribution in [0.25, 0.3) is 0 Å². The van der Waals surface area contributed by atoms with Gasteiger partial charge in [0.25, 0.3) is 5.91 Å². The topological polar surface area (TPSA) is 99.1 Å². The van der Waals surface area contributed by atoms with Gasteiger partial charge in [-0.2, -0.15) is 5.26 Å². The van der Waals surface area contributed by atoms with E-state index >= 15 is 0 Å². The summed E-state index contributed by atoms with van der Waals surface area (Å²) >= 11 is 1.65. The van der Waals surface area contributed by atoms with Gasteiger partial charge in [0.05, 0.1) is 11.0 Å². The molecule has 0 aliphatic carbocycles. The van der Waals surface area contributed by atoms with Gasteiger partial charge >= 0.3 is 0 Å². The van der Waals surface area contributed by atoms with Gasteiger partial charge in [-0.25, -0.2) is 13.1 Å². The smallest absolute Gasteiger partial charge is 0.251 e. The zero-order valence-electron chi connectivity index (χ0n) is 14.0. The van der Waals surface area contributed by atoms with Crippen molar-refractivity contribution in [1.29, 1.82) is 5.26 Å². The molecule has 0 aromatic heterocycles. The van der Waals surface area contributed by atoms with Gasteiger partial charge in [0, 0.05) is 35.7 Å². The van der Waals surface area contributed by atoms with Crippen molar-refractivity contribution in [2.75, 3.05) is 18.8 Å². The Kier molecular flexibility index (Phi) is 7.66. The molecule has 0 aliphatic rings. The van der Waals surface area contributed by atoms with Crippen molar-refractivity contribution in [2.24, 2.45) is 0 Å². The van der Waals surface area contributed by atoms with Gasteiger partial charge in [-0.05, 0) is 36.4 Å². The van der Waals surface area contributed by atoms with Crippen LogP contribution in [0.5, 0.6) is 0 Å². The molecule has 26 heavy (non-hydrogen) atoms. The molecule has 136 valence electrons. The first-order valence-electron chi connectivity index (χ1n) is 7.95. The molecule has 0 saturated heterocycles. The molecule has 0 spiro atoms. The number of hydrogen-bond donors (Lipinski definition) is 2. The molecule has 0 fully saturated rings. The molecule has 0 unspecified atom stereocenters. The summed E-state index contributed by atoms with van der Waals surface area (Å²) in [5, 5.41) is 11.3. The fourth-order valence-corrected chi connectivity index (χ4v) is 3.88. The van der Waals surface area contributed by atoms with E-state index in [1.165, 1.54) is 24.3 Å². The van der Waals surface area contributed by atoms with E-state index < -0.39 is 10.0 Å². The van der Waals surface area contributed by atoms with Crippen LogP contribution in [0.1, 0.15) is 16.8 Å². The fraction of sp³-hybridized carbons (Fsp3) is 0.222. The molecule has 2 rings (SSSR count). The molecular weight excluding hydrogens is 370 g/mol. The molecular formula is C18H19N3O3S2. The lowest BCUT2D eigenvalue weighted by molar-refractivity contribution is 0.0956. The van der Waals surface area contributed by atoms with Crippen molar-refractivity contribution in [2.45, 2.75) is 16.2 Å². The first-order chi connectivity index (χ1) is 12.5. The maximum atomic E-state index is 12.1. The second-order valence-electron chi connectivity index (χ2n) is 5.25. The molecule has 0 aliphatic heterocycles. The van der Waals surface area contributed by atoms with Crippen molar-refractivity contribution in [1.82, 2.24) is 10.0 Å². The Bertz CT molecular complexity index is 861. The number of thioether (sulfide) groups is 1. The minimum Gasteiger partial charge on any atom is -0.351 e. The van der Waals surface area contributed by atoms with E-state index in [4.69, 9.17) is 5.26 Å². The van der Waals surface area contributed by atoms with Crippen LogP contribution in [0.2, 0.25) is 0 Å². The van der Waals surface area contributed by atoms with Crippen molar-refractivity contribution < 1.29 is 13.2 Å². The number of rotatable bonds is 9. The zero-order valence-corrected chi connectivity index (χ0v) is 15.6. The van der Waals surface area contributed by atoms with Crippen molar-refractivity contribution >= 4 is 27.7 Å². The number of carbonyl (C=O) groups excluding carboxylic acids is 1. The van der Waals surface area contributed by atoms with Crippen molar-refractivity contribution in [3.63, 3.8) is 0 Å². The molecule has 0 atom stereocenters. The van der Waals surface area contributed by atoms with Crippen LogP contribution in [0, 0.1) is 11.3 Å². The summed E-state index contributed by atoms with van der Waals surface area (Å²) in [5.74, 6) is 0.491. The number of amides is 1. The number of nitrogens with zero attached hydrogens (tertiary/aromatic N) is 1. The van der Waals surface area contributed by atoms with Crippen LogP contribution in [-0.4, -0.2) is 33.2 Å². The molecule has 0 bridgehead atoms. The highest BCUT2D eigenvalue weighted by atomic mass is 32.2. The maximum Gasteiger partial charge on any atom is 0.251 e. The van der Waals surface area contributed by atoms with E-state index in [0.717, 1.165) is 10.6 Å². The molecule has 2 aromatic carbocycles. The summed E-state index contributed by atoms with van der Waals surface area (Å²) in [6, 6.07) is 17.5. The van der Waals surface area contributed by atoms with Crippen LogP contribution in [0.4, 0.5) is 0 Å². The van der Waals surface area contributed by atoms with Crippen LogP contribution in [-0.2, 0) is 10.0 Å². The molecule has 2 aromatic rings. The van der Waals surface area contributed by atoms with Gasteiger partial charge in [-0.3, -0.25) is 4.79 Å². The molecule has 1 amide bonds. The molecule has 0 radical (unpaired) electrons. The summed E-state index contributed by atoms with van der Waals surface area (Å²) in [4.78, 5) is 13.3. The van der Waals surface area contributed by atoms with E-state index in [1.54, 1.807) is 11.8 Å². The summed E-state index contributed by atoms with van der Waals surface area (Å²) in [6.07, 6.45) is 0.0979. The van der Waals surface area contributed by atoms with Crippen LogP contribution >= 0.6 is 11.8 Å². The third-order valence-electron chi connectivity index (χ3n) is 3.36. The predicted octanol–water partition coefficient (Wildman–Crippen LogP) is 2.40. The third-order valence-corrected chi connectivity index (χ3v) is 5.85. The van der Waals surface area contributed by atoms with Gasteiger partial charge in [0.15, 0.2) is 0 Å². The highest BCUT2D eigenvalue weighted by Gasteiger charge is 2.14. The minimum atomic E-state index is -3.66. The molecule has 8 heteroatoms. The molecule has 2 N–H and O–H groups in total. The lowest BCUT2D eigenvalue weighted by Gasteiger charge is -2.07. The first kappa shape index (κ1) is 20.0. The Balaban J connectivity index is 1.83. The van der Waals surface area contributed by atoms with Crippen molar-refractivity contribution in [3.05, 3.63) is 60.2 Å². The predicted molar refractivity (Wildman–Crippen MR) is 101 cm³/mol. The van der Waals surface area contributed by atoms with Crippen LogP contribution in [0.15, 0.2) is 64.4 Å². The monoisotopic (exact) mass is 389 g/mol. The van der Waals surface area contributed by atoms with Gasteiger partial charge in [-0.15, -0.1) is 11.8 Å². The van der Waals surface area contributed by atoms with E-state index in [9.17, 15) is 13.2 Å². The highest BCUT2D eigenvalue weighted by Crippen LogP contribution is 2.16. The van der Waals surface area contributed by atoms with Gasteiger partial charge in [0.2, 0.25) is 10.0 Å². The summed E-state index contributed by atoms with van der Waals surface area (Å²) in [5.41, 5.74) is 0.394. The second kappa shape index (κ2) is 9.97. The average molecular weight is 390 g/mol. The van der Waals surface area contributed by atoms with Gasteiger partial charge in [0.1, 0.15) is 0 Å². The number of nitrogens with one attached hydrogen (secondary N) is 2. The zero-order chi connectivity index (χ0) is 18.8. The SMILES string of the molecule is N#CCCNS(=O)(=O)c1ccc(C(=O)NCCSc2ccccc2)cc1. The number of sulfonamides is 1. The first-order valence-corrected chi connectivity index (χ1v) is 10.4. The number of benzene rings is 2. The number of nitriles is 1. The third kappa shape index (κ3) is 6.19. The molecule has 0 saturated carbocycles. The van der Waals surface area contributed by atoms with E-state index in [1.807, 2.05) is 36.4 Å². The molecule has 6 nitrogen and oxygen atoms in total. The Morgan fingerprint density at radius 1 is 1.04 bits per heavy atom. The lowest BCUT2D eigenvalue weighted by atomic mass is 10.2.